The average Bonchev–Trinajstić information content (AvgIpc) is 2.28. The van der Waals surface area contributed by atoms with Crippen molar-refractivity contribution in [1.82, 2.24) is 4.31 Å². The summed E-state index contributed by atoms with van der Waals surface area (Å²) in [5.74, 6) is -3.00. The molecule has 0 bridgehead atoms. The molecule has 1 aromatic rings. The van der Waals surface area contributed by atoms with Crippen molar-refractivity contribution in [2.75, 3.05) is 7.05 Å². The molecule has 0 saturated carbocycles. The molecule has 0 aliphatic rings. The number of alkyl halides is 2. The predicted molar refractivity (Wildman–Crippen MR) is 83.2 cm³/mol. The molecular formula is C14H20BrF2NOS. The summed E-state index contributed by atoms with van der Waals surface area (Å²) in [6.07, 6.45) is 0. The fraction of sp³-hybridized carbons (Fsp3) is 0.571. The Bertz CT molecular complexity index is 442. The van der Waals surface area contributed by atoms with E-state index in [1.165, 1.54) is 11.4 Å². The van der Waals surface area contributed by atoms with Gasteiger partial charge in [-0.1, -0.05) is 28.1 Å². The zero-order valence-electron chi connectivity index (χ0n) is 12.3. The van der Waals surface area contributed by atoms with Gasteiger partial charge in [-0.15, -0.1) is 4.31 Å². The molecule has 20 heavy (non-hydrogen) atoms. The summed E-state index contributed by atoms with van der Waals surface area (Å²) in [6.45, 7) is 6.17. The fourth-order valence-electron chi connectivity index (χ4n) is 1.99. The van der Waals surface area contributed by atoms with Gasteiger partial charge in [-0.2, -0.15) is 0 Å². The molecule has 0 saturated heterocycles. The van der Waals surface area contributed by atoms with Crippen LogP contribution in [0.3, 0.4) is 0 Å². The van der Waals surface area contributed by atoms with E-state index in [0.29, 0.717) is 5.56 Å². The molecule has 0 N–H and O–H groups in total. The van der Waals surface area contributed by atoms with Gasteiger partial charge in [0.25, 0.3) is 5.92 Å². The second-order valence-electron chi connectivity index (χ2n) is 5.82. The minimum absolute atomic E-state index is 0.445. The standard InChI is InChI=1S/C14H20BrF2NOS/c1-13(2,3)20(19)18(5)12(14(4,16)17)10-6-8-11(15)9-7-10/h6-9,12H,1-5H3/t12-,20?/m0/s1. The van der Waals surface area contributed by atoms with Gasteiger partial charge in [0.1, 0.15) is 10.8 Å². The van der Waals surface area contributed by atoms with Gasteiger partial charge in [0.2, 0.25) is 0 Å². The van der Waals surface area contributed by atoms with Crippen molar-refractivity contribution in [3.8, 4) is 0 Å². The van der Waals surface area contributed by atoms with Crippen molar-refractivity contribution >= 4 is 27.3 Å². The summed E-state index contributed by atoms with van der Waals surface area (Å²) in [5.41, 5.74) is 0.445. The maximum atomic E-state index is 14.0. The minimum atomic E-state index is -3.00. The Hall–Kier alpha value is -0.170. The lowest BCUT2D eigenvalue weighted by Crippen LogP contribution is -2.47. The highest BCUT2D eigenvalue weighted by Crippen LogP contribution is 2.39. The SMILES string of the molecule is CN([C@@H](c1ccc(Br)cc1)C(C)(F)F)[S+]([O-])C(C)(C)C. The van der Waals surface area contributed by atoms with Crippen LogP contribution < -0.4 is 0 Å². The molecule has 114 valence electrons. The van der Waals surface area contributed by atoms with E-state index in [4.69, 9.17) is 0 Å². The van der Waals surface area contributed by atoms with Crippen molar-refractivity contribution in [2.24, 2.45) is 0 Å². The summed E-state index contributed by atoms with van der Waals surface area (Å²) in [5, 5.41) is 0. The van der Waals surface area contributed by atoms with Crippen LogP contribution in [0.5, 0.6) is 0 Å². The zero-order chi connectivity index (χ0) is 15.7. The maximum absolute atomic E-state index is 14.0. The molecule has 0 radical (unpaired) electrons. The molecule has 0 amide bonds. The van der Waals surface area contributed by atoms with E-state index in [9.17, 15) is 13.3 Å². The van der Waals surface area contributed by atoms with Crippen LogP contribution in [0.1, 0.15) is 39.3 Å². The summed E-state index contributed by atoms with van der Waals surface area (Å²) >= 11 is 1.76. The summed E-state index contributed by atoms with van der Waals surface area (Å²) < 4.78 is 41.8. The molecule has 2 nitrogen and oxygen atoms in total. The van der Waals surface area contributed by atoms with E-state index in [2.05, 4.69) is 15.9 Å². The molecule has 2 atom stereocenters. The van der Waals surface area contributed by atoms with Crippen LogP contribution in [-0.2, 0) is 11.4 Å². The lowest BCUT2D eigenvalue weighted by molar-refractivity contribution is -0.0405. The van der Waals surface area contributed by atoms with Crippen LogP contribution in [0.2, 0.25) is 0 Å². The van der Waals surface area contributed by atoms with E-state index in [0.717, 1.165) is 11.4 Å². The summed E-state index contributed by atoms with van der Waals surface area (Å²) in [7, 11) is 1.48. The normalized spacial score (nSPS) is 16.3. The van der Waals surface area contributed by atoms with Crippen LogP contribution in [0.4, 0.5) is 8.78 Å². The van der Waals surface area contributed by atoms with Gasteiger partial charge in [0.05, 0.1) is 0 Å². The van der Waals surface area contributed by atoms with Gasteiger partial charge < -0.3 is 4.55 Å². The van der Waals surface area contributed by atoms with Crippen LogP contribution >= 0.6 is 15.9 Å². The maximum Gasteiger partial charge on any atom is 0.269 e. The Morgan fingerprint density at radius 2 is 1.60 bits per heavy atom. The summed E-state index contributed by atoms with van der Waals surface area (Å²) in [6, 6.07) is 5.45. The number of hydrogen-bond donors (Lipinski definition) is 0. The molecule has 1 unspecified atom stereocenters. The minimum Gasteiger partial charge on any atom is -0.597 e. The number of nitrogens with zero attached hydrogens (tertiary/aromatic N) is 1. The topological polar surface area (TPSA) is 26.3 Å². The van der Waals surface area contributed by atoms with Gasteiger partial charge in [-0.25, -0.2) is 8.78 Å². The number of benzene rings is 1. The van der Waals surface area contributed by atoms with Gasteiger partial charge in [0, 0.05) is 29.8 Å². The third-order valence-corrected chi connectivity index (χ3v) is 5.13. The third kappa shape index (κ3) is 4.41. The fourth-order valence-corrected chi connectivity index (χ4v) is 3.62. The number of halogens is 3. The zero-order valence-corrected chi connectivity index (χ0v) is 14.7. The molecular weight excluding hydrogens is 348 g/mol. The highest BCUT2D eigenvalue weighted by Gasteiger charge is 2.46. The molecule has 0 aromatic heterocycles. The molecule has 0 aliphatic carbocycles. The van der Waals surface area contributed by atoms with E-state index in [1.807, 2.05) is 0 Å². The molecule has 6 heteroatoms. The van der Waals surface area contributed by atoms with Crippen molar-refractivity contribution in [1.29, 1.82) is 0 Å². The van der Waals surface area contributed by atoms with Crippen LogP contribution in [-0.4, -0.2) is 26.6 Å². The highest BCUT2D eigenvalue weighted by atomic mass is 79.9. The lowest BCUT2D eigenvalue weighted by atomic mass is 10.0. The molecule has 0 heterocycles. The Morgan fingerprint density at radius 3 is 1.95 bits per heavy atom. The monoisotopic (exact) mass is 367 g/mol. The summed E-state index contributed by atoms with van der Waals surface area (Å²) in [4.78, 5) is 0. The molecule has 1 rings (SSSR count). The molecule has 0 spiro atoms. The molecule has 0 fully saturated rings. The van der Waals surface area contributed by atoms with Gasteiger partial charge in [-0.05, 0) is 38.5 Å². The smallest absolute Gasteiger partial charge is 0.269 e. The van der Waals surface area contributed by atoms with Crippen LogP contribution in [0.15, 0.2) is 28.7 Å². The Labute approximate surface area is 131 Å². The Kier molecular flexibility index (Phi) is 5.63. The van der Waals surface area contributed by atoms with E-state index in [1.54, 1.807) is 45.0 Å². The average molecular weight is 368 g/mol. The van der Waals surface area contributed by atoms with Crippen molar-refractivity contribution < 1.29 is 13.3 Å². The van der Waals surface area contributed by atoms with E-state index >= 15 is 0 Å². The first-order chi connectivity index (χ1) is 8.94. The first kappa shape index (κ1) is 17.9. The second-order valence-corrected chi connectivity index (χ2v) is 9.03. The Morgan fingerprint density at radius 1 is 1.15 bits per heavy atom. The first-order valence-electron chi connectivity index (χ1n) is 6.22. The van der Waals surface area contributed by atoms with E-state index in [-0.39, 0.29) is 0 Å². The predicted octanol–water partition coefficient (Wildman–Crippen LogP) is 4.54. The quantitative estimate of drug-likeness (QED) is 0.730. The molecule has 1 aromatic carbocycles. The Balaban J connectivity index is 3.17. The number of hydrogen-bond acceptors (Lipinski definition) is 2. The van der Waals surface area contributed by atoms with Crippen LogP contribution in [0, 0.1) is 0 Å². The first-order valence-corrected chi connectivity index (χ1v) is 8.12. The second kappa shape index (κ2) is 6.30. The van der Waals surface area contributed by atoms with Gasteiger partial charge >= 0.3 is 0 Å². The van der Waals surface area contributed by atoms with Crippen molar-refractivity contribution in [2.45, 2.75) is 44.4 Å². The highest BCUT2D eigenvalue weighted by molar-refractivity contribution is 9.10. The third-order valence-electron chi connectivity index (χ3n) is 2.81. The largest absolute Gasteiger partial charge is 0.597 e. The van der Waals surface area contributed by atoms with Gasteiger partial charge in [0.15, 0.2) is 0 Å². The van der Waals surface area contributed by atoms with Crippen molar-refractivity contribution in [3.63, 3.8) is 0 Å². The van der Waals surface area contributed by atoms with E-state index < -0.39 is 28.1 Å². The lowest BCUT2D eigenvalue weighted by Gasteiger charge is -2.37. The number of rotatable bonds is 4. The van der Waals surface area contributed by atoms with Gasteiger partial charge in [-0.3, -0.25) is 0 Å². The van der Waals surface area contributed by atoms with Crippen molar-refractivity contribution in [3.05, 3.63) is 34.3 Å². The van der Waals surface area contributed by atoms with Crippen LogP contribution in [0.25, 0.3) is 0 Å². The molecule has 0 aliphatic heterocycles.